The second-order valence-electron chi connectivity index (χ2n) is 3.69. The van der Waals surface area contributed by atoms with Crippen LogP contribution in [0.4, 0.5) is 0 Å². The van der Waals surface area contributed by atoms with E-state index in [0.29, 0.717) is 10.8 Å². The fraction of sp³-hybridized carbons (Fsp3) is 0.231. The average Bonchev–Trinajstić information content (AvgIpc) is 2.29. The highest BCUT2D eigenvalue weighted by molar-refractivity contribution is 6.30. The summed E-state index contributed by atoms with van der Waals surface area (Å²) in [5.41, 5.74) is 0. The third kappa shape index (κ3) is 5.50. The molecule has 0 radical (unpaired) electrons. The van der Waals surface area contributed by atoms with Crippen LogP contribution in [0.2, 0.25) is 5.02 Å². The Morgan fingerprint density at radius 2 is 1.67 bits per heavy atom. The summed E-state index contributed by atoms with van der Waals surface area (Å²) >= 11 is 5.68. The van der Waals surface area contributed by atoms with Crippen molar-refractivity contribution < 1.29 is 19.1 Å². The molecule has 0 aliphatic carbocycles. The Labute approximate surface area is 110 Å². The van der Waals surface area contributed by atoms with Gasteiger partial charge in [-0.3, -0.25) is 0 Å². The summed E-state index contributed by atoms with van der Waals surface area (Å²) in [6.07, 6.45) is 1.81. The highest BCUT2D eigenvalue weighted by Crippen LogP contribution is 2.15. The van der Waals surface area contributed by atoms with Crippen LogP contribution >= 0.6 is 11.6 Å². The standard InChI is InChI=1S/C13H13ClO4/c1-9(2)17-12(15)7-8-13(16)18-11-5-3-10(14)4-6-11/h3-9H,1-2H3. The molecule has 0 N–H and O–H groups in total. The van der Waals surface area contributed by atoms with E-state index in [9.17, 15) is 9.59 Å². The number of benzene rings is 1. The van der Waals surface area contributed by atoms with Gasteiger partial charge >= 0.3 is 11.9 Å². The smallest absolute Gasteiger partial charge is 0.336 e. The first-order valence-corrected chi connectivity index (χ1v) is 5.71. The minimum Gasteiger partial charge on any atom is -0.460 e. The monoisotopic (exact) mass is 268 g/mol. The van der Waals surface area contributed by atoms with Gasteiger partial charge in [-0.15, -0.1) is 0 Å². The van der Waals surface area contributed by atoms with E-state index in [2.05, 4.69) is 0 Å². The molecule has 0 bridgehead atoms. The lowest BCUT2D eigenvalue weighted by molar-refractivity contribution is -0.141. The number of esters is 2. The molecule has 0 heterocycles. The van der Waals surface area contributed by atoms with E-state index in [1.807, 2.05) is 0 Å². The van der Waals surface area contributed by atoms with Crippen molar-refractivity contribution in [3.05, 3.63) is 41.4 Å². The van der Waals surface area contributed by atoms with Gasteiger partial charge in [0.25, 0.3) is 0 Å². The SMILES string of the molecule is CC(C)OC(=O)C=CC(=O)Oc1ccc(Cl)cc1. The summed E-state index contributed by atoms with van der Waals surface area (Å²) < 4.78 is 9.75. The molecule has 0 unspecified atom stereocenters. The van der Waals surface area contributed by atoms with E-state index < -0.39 is 11.9 Å². The molecule has 0 amide bonds. The maximum Gasteiger partial charge on any atom is 0.336 e. The third-order valence-corrected chi connectivity index (χ3v) is 1.99. The van der Waals surface area contributed by atoms with E-state index in [4.69, 9.17) is 21.1 Å². The van der Waals surface area contributed by atoms with Crippen molar-refractivity contribution in [2.45, 2.75) is 20.0 Å². The molecule has 1 aromatic carbocycles. The number of hydrogen-bond donors (Lipinski definition) is 0. The van der Waals surface area contributed by atoms with Crippen LogP contribution in [0.1, 0.15) is 13.8 Å². The topological polar surface area (TPSA) is 52.6 Å². The lowest BCUT2D eigenvalue weighted by Gasteiger charge is -2.04. The molecule has 0 saturated heterocycles. The normalized spacial score (nSPS) is 10.7. The molecule has 4 nitrogen and oxygen atoms in total. The summed E-state index contributed by atoms with van der Waals surface area (Å²) in [5, 5.41) is 0.547. The molecule has 0 atom stereocenters. The second kappa shape index (κ2) is 6.81. The molecule has 96 valence electrons. The van der Waals surface area contributed by atoms with Gasteiger partial charge in [-0.2, -0.15) is 0 Å². The van der Waals surface area contributed by atoms with Gasteiger partial charge in [0.1, 0.15) is 5.75 Å². The zero-order valence-corrected chi connectivity index (χ0v) is 10.8. The van der Waals surface area contributed by atoms with Gasteiger partial charge in [-0.05, 0) is 38.1 Å². The first-order chi connectivity index (χ1) is 8.47. The van der Waals surface area contributed by atoms with Gasteiger partial charge < -0.3 is 9.47 Å². The van der Waals surface area contributed by atoms with Crippen molar-refractivity contribution in [1.29, 1.82) is 0 Å². The number of halogens is 1. The van der Waals surface area contributed by atoms with Crippen LogP contribution in [0.15, 0.2) is 36.4 Å². The van der Waals surface area contributed by atoms with Crippen LogP contribution in [-0.2, 0) is 14.3 Å². The predicted molar refractivity (Wildman–Crippen MR) is 67.5 cm³/mol. The highest BCUT2D eigenvalue weighted by Gasteiger charge is 2.04. The molecule has 18 heavy (non-hydrogen) atoms. The lowest BCUT2D eigenvalue weighted by atomic mass is 10.3. The Kier molecular flexibility index (Phi) is 5.39. The molecule has 1 rings (SSSR count). The fourth-order valence-corrected chi connectivity index (χ4v) is 1.19. The van der Waals surface area contributed by atoms with Crippen molar-refractivity contribution >= 4 is 23.5 Å². The largest absolute Gasteiger partial charge is 0.460 e. The molecule has 0 saturated carbocycles. The minimum absolute atomic E-state index is 0.227. The summed E-state index contributed by atoms with van der Waals surface area (Å²) in [5.74, 6) is -0.887. The van der Waals surface area contributed by atoms with Crippen LogP contribution in [-0.4, -0.2) is 18.0 Å². The van der Waals surface area contributed by atoms with Crippen molar-refractivity contribution in [2.24, 2.45) is 0 Å². The molecule has 0 aliphatic heterocycles. The van der Waals surface area contributed by atoms with E-state index in [1.165, 1.54) is 0 Å². The molecule has 1 aromatic rings. The van der Waals surface area contributed by atoms with Crippen molar-refractivity contribution in [3.8, 4) is 5.75 Å². The molecule has 0 fully saturated rings. The van der Waals surface area contributed by atoms with Gasteiger partial charge in [-0.1, -0.05) is 11.6 Å². The third-order valence-electron chi connectivity index (χ3n) is 1.74. The average molecular weight is 269 g/mol. The summed E-state index contributed by atoms with van der Waals surface area (Å²) in [4.78, 5) is 22.5. The zero-order chi connectivity index (χ0) is 13.5. The maximum absolute atomic E-state index is 11.3. The minimum atomic E-state index is -0.655. The molecular weight excluding hydrogens is 256 g/mol. The summed E-state index contributed by atoms with van der Waals surface area (Å²) in [6, 6.07) is 6.31. The first kappa shape index (κ1) is 14.3. The molecule has 0 aromatic heterocycles. The Morgan fingerprint density at radius 3 is 2.22 bits per heavy atom. The van der Waals surface area contributed by atoms with Crippen LogP contribution < -0.4 is 4.74 Å². The Hall–Kier alpha value is -1.81. The molecule has 5 heteroatoms. The van der Waals surface area contributed by atoms with Crippen molar-refractivity contribution in [1.82, 2.24) is 0 Å². The van der Waals surface area contributed by atoms with Gasteiger partial charge in [0.2, 0.25) is 0 Å². The van der Waals surface area contributed by atoms with Crippen LogP contribution in [0.3, 0.4) is 0 Å². The van der Waals surface area contributed by atoms with E-state index in [-0.39, 0.29) is 6.10 Å². The summed E-state index contributed by atoms with van der Waals surface area (Å²) in [6.45, 7) is 3.44. The van der Waals surface area contributed by atoms with E-state index in [1.54, 1.807) is 38.1 Å². The molecular formula is C13H13ClO4. The number of ether oxygens (including phenoxy) is 2. The van der Waals surface area contributed by atoms with Crippen LogP contribution in [0.5, 0.6) is 5.75 Å². The van der Waals surface area contributed by atoms with Gasteiger partial charge in [0.05, 0.1) is 6.10 Å². The summed E-state index contributed by atoms with van der Waals surface area (Å²) in [7, 11) is 0. The number of hydrogen-bond acceptors (Lipinski definition) is 4. The van der Waals surface area contributed by atoms with Crippen LogP contribution in [0, 0.1) is 0 Å². The van der Waals surface area contributed by atoms with E-state index in [0.717, 1.165) is 12.2 Å². The Morgan fingerprint density at radius 1 is 1.11 bits per heavy atom. The molecule has 0 spiro atoms. The van der Waals surface area contributed by atoms with Crippen LogP contribution in [0.25, 0.3) is 0 Å². The number of carbonyl (C=O) groups is 2. The van der Waals surface area contributed by atoms with Gasteiger partial charge in [0, 0.05) is 17.2 Å². The van der Waals surface area contributed by atoms with Crippen molar-refractivity contribution in [2.75, 3.05) is 0 Å². The Balaban J connectivity index is 2.49. The fourth-order valence-electron chi connectivity index (χ4n) is 1.06. The highest BCUT2D eigenvalue weighted by atomic mass is 35.5. The predicted octanol–water partition coefficient (Wildman–Crippen LogP) is 2.75. The van der Waals surface area contributed by atoms with Gasteiger partial charge in [0.15, 0.2) is 0 Å². The van der Waals surface area contributed by atoms with Crippen molar-refractivity contribution in [3.63, 3.8) is 0 Å². The van der Waals surface area contributed by atoms with Gasteiger partial charge in [-0.25, -0.2) is 9.59 Å². The number of carbonyl (C=O) groups excluding carboxylic acids is 2. The van der Waals surface area contributed by atoms with E-state index >= 15 is 0 Å². The lowest BCUT2D eigenvalue weighted by Crippen LogP contribution is -2.10. The second-order valence-corrected chi connectivity index (χ2v) is 4.13. The Bertz CT molecular complexity index is 449. The zero-order valence-electron chi connectivity index (χ0n) is 10.1. The molecule has 0 aliphatic rings. The first-order valence-electron chi connectivity index (χ1n) is 5.33. The quantitative estimate of drug-likeness (QED) is 0.479. The number of rotatable bonds is 4. The maximum atomic E-state index is 11.3.